The van der Waals surface area contributed by atoms with Gasteiger partial charge in [0.05, 0.1) is 13.0 Å². The van der Waals surface area contributed by atoms with Crippen LogP contribution in [0.4, 0.5) is 0 Å². The van der Waals surface area contributed by atoms with Crippen molar-refractivity contribution in [1.29, 1.82) is 0 Å². The highest BCUT2D eigenvalue weighted by molar-refractivity contribution is 5.72. The smallest absolute Gasteiger partial charge is 0.308 e. The molecule has 0 aliphatic carbocycles. The summed E-state index contributed by atoms with van der Waals surface area (Å²) in [6.45, 7) is 5.89. The van der Waals surface area contributed by atoms with Crippen LogP contribution in [0.2, 0.25) is 0 Å². The van der Waals surface area contributed by atoms with Gasteiger partial charge in [-0.1, -0.05) is 13.8 Å². The van der Waals surface area contributed by atoms with Crippen LogP contribution in [0.5, 0.6) is 0 Å². The summed E-state index contributed by atoms with van der Waals surface area (Å²) in [6, 6.07) is 0. The van der Waals surface area contributed by atoms with Crippen molar-refractivity contribution in [3.8, 4) is 0 Å². The molecular weight excluding hydrogens is 154 g/mol. The molecule has 0 bridgehead atoms. The molecule has 12 heavy (non-hydrogen) atoms. The summed E-state index contributed by atoms with van der Waals surface area (Å²) in [7, 11) is 1.45. The van der Waals surface area contributed by atoms with Gasteiger partial charge in [-0.3, -0.25) is 4.79 Å². The van der Waals surface area contributed by atoms with Crippen molar-refractivity contribution >= 4 is 5.97 Å². The maximum absolute atomic E-state index is 10.9. The molecule has 0 saturated carbocycles. The minimum Gasteiger partial charge on any atom is -0.469 e. The highest BCUT2D eigenvalue weighted by Gasteiger charge is 2.20. The van der Waals surface area contributed by atoms with Crippen molar-refractivity contribution in [3.05, 3.63) is 0 Å². The molecule has 0 aromatic rings. The van der Waals surface area contributed by atoms with E-state index in [4.69, 9.17) is 0 Å². The molecule has 0 radical (unpaired) electrons. The molecule has 1 fully saturated rings. The molecule has 1 saturated heterocycles. The number of carbonyl (C=O) groups is 1. The molecule has 72 valence electrons. The zero-order valence-electron chi connectivity index (χ0n) is 8.22. The Morgan fingerprint density at radius 3 is 2.25 bits per heavy atom. The summed E-state index contributed by atoms with van der Waals surface area (Å²) >= 11 is 0. The number of carbonyl (C=O) groups excluding carboxylic acids is 1. The second-order valence-electron chi connectivity index (χ2n) is 2.55. The van der Waals surface area contributed by atoms with E-state index in [0.717, 1.165) is 25.9 Å². The van der Waals surface area contributed by atoms with Gasteiger partial charge < -0.3 is 10.1 Å². The Bertz CT molecular complexity index is 120. The van der Waals surface area contributed by atoms with Gasteiger partial charge in [0, 0.05) is 0 Å². The lowest BCUT2D eigenvalue weighted by molar-refractivity contribution is -0.146. The van der Waals surface area contributed by atoms with E-state index in [1.54, 1.807) is 0 Å². The van der Waals surface area contributed by atoms with Gasteiger partial charge in [0.25, 0.3) is 0 Å². The fourth-order valence-electron chi connectivity index (χ4n) is 1.22. The number of hydrogen-bond acceptors (Lipinski definition) is 3. The van der Waals surface area contributed by atoms with Crippen LogP contribution < -0.4 is 5.32 Å². The van der Waals surface area contributed by atoms with Gasteiger partial charge in [-0.05, 0) is 25.9 Å². The van der Waals surface area contributed by atoms with Gasteiger partial charge in [0.1, 0.15) is 0 Å². The van der Waals surface area contributed by atoms with Gasteiger partial charge in [-0.2, -0.15) is 0 Å². The molecule has 1 aliphatic rings. The van der Waals surface area contributed by atoms with Gasteiger partial charge in [-0.15, -0.1) is 0 Å². The average Bonchev–Trinajstić information content (AvgIpc) is 2.21. The number of hydrogen-bond donors (Lipinski definition) is 1. The van der Waals surface area contributed by atoms with E-state index in [9.17, 15) is 4.79 Å². The fraction of sp³-hybridized carbons (Fsp3) is 0.889. The zero-order chi connectivity index (χ0) is 9.40. The number of ether oxygens (including phenoxy) is 1. The van der Waals surface area contributed by atoms with Crippen molar-refractivity contribution in [2.24, 2.45) is 5.92 Å². The summed E-state index contributed by atoms with van der Waals surface area (Å²) < 4.78 is 4.62. The SMILES string of the molecule is CC.COC(=O)C1CCNCC1. The average molecular weight is 173 g/mol. The van der Waals surface area contributed by atoms with Crippen molar-refractivity contribution in [1.82, 2.24) is 5.32 Å². The standard InChI is InChI=1S/C7H13NO2.C2H6/c1-10-7(9)6-2-4-8-5-3-6;1-2/h6,8H,2-5H2,1H3;1-2H3. The van der Waals surface area contributed by atoms with Crippen LogP contribution >= 0.6 is 0 Å². The number of methoxy groups -OCH3 is 1. The number of rotatable bonds is 1. The van der Waals surface area contributed by atoms with Crippen LogP contribution in [0.1, 0.15) is 26.7 Å². The molecule has 1 aliphatic heterocycles. The maximum atomic E-state index is 10.9. The van der Waals surface area contributed by atoms with E-state index >= 15 is 0 Å². The summed E-state index contributed by atoms with van der Waals surface area (Å²) in [4.78, 5) is 10.9. The quantitative estimate of drug-likeness (QED) is 0.605. The van der Waals surface area contributed by atoms with E-state index in [1.807, 2.05) is 13.8 Å². The Morgan fingerprint density at radius 1 is 1.33 bits per heavy atom. The van der Waals surface area contributed by atoms with E-state index in [-0.39, 0.29) is 11.9 Å². The van der Waals surface area contributed by atoms with Crippen molar-refractivity contribution in [2.45, 2.75) is 26.7 Å². The van der Waals surface area contributed by atoms with Crippen molar-refractivity contribution in [3.63, 3.8) is 0 Å². The second-order valence-corrected chi connectivity index (χ2v) is 2.55. The monoisotopic (exact) mass is 173 g/mol. The lowest BCUT2D eigenvalue weighted by Crippen LogP contribution is -2.32. The van der Waals surface area contributed by atoms with Crippen LogP contribution in [0.15, 0.2) is 0 Å². The van der Waals surface area contributed by atoms with E-state index < -0.39 is 0 Å². The van der Waals surface area contributed by atoms with Crippen molar-refractivity contribution in [2.75, 3.05) is 20.2 Å². The molecule has 1 N–H and O–H groups in total. The third-order valence-electron chi connectivity index (χ3n) is 1.87. The summed E-state index contributed by atoms with van der Waals surface area (Å²) in [6.07, 6.45) is 1.85. The largest absolute Gasteiger partial charge is 0.469 e. The first-order valence-corrected chi connectivity index (χ1v) is 4.63. The van der Waals surface area contributed by atoms with Crippen LogP contribution in [-0.4, -0.2) is 26.2 Å². The predicted molar refractivity (Wildman–Crippen MR) is 49.0 cm³/mol. The molecule has 0 aromatic carbocycles. The van der Waals surface area contributed by atoms with Gasteiger partial charge in [-0.25, -0.2) is 0 Å². The minimum absolute atomic E-state index is 0.0542. The van der Waals surface area contributed by atoms with Crippen LogP contribution in [-0.2, 0) is 9.53 Å². The Morgan fingerprint density at radius 2 is 1.83 bits per heavy atom. The maximum Gasteiger partial charge on any atom is 0.308 e. The number of nitrogens with one attached hydrogen (secondary N) is 1. The number of piperidine rings is 1. The topological polar surface area (TPSA) is 38.3 Å². The summed E-state index contributed by atoms with van der Waals surface area (Å²) in [5.74, 6) is 0.0905. The predicted octanol–water partition coefficient (Wildman–Crippen LogP) is 1.19. The summed E-state index contributed by atoms with van der Waals surface area (Å²) in [5, 5.41) is 3.19. The van der Waals surface area contributed by atoms with E-state index in [0.29, 0.717) is 0 Å². The zero-order valence-corrected chi connectivity index (χ0v) is 8.22. The third kappa shape index (κ3) is 3.72. The lowest BCUT2D eigenvalue weighted by atomic mass is 9.99. The second kappa shape index (κ2) is 7.10. The molecule has 1 heterocycles. The van der Waals surface area contributed by atoms with Crippen LogP contribution in [0.25, 0.3) is 0 Å². The molecule has 0 aromatic heterocycles. The van der Waals surface area contributed by atoms with E-state index in [2.05, 4.69) is 10.1 Å². The van der Waals surface area contributed by atoms with Gasteiger partial charge in [0.2, 0.25) is 0 Å². The highest BCUT2D eigenvalue weighted by Crippen LogP contribution is 2.12. The Hall–Kier alpha value is -0.570. The Labute approximate surface area is 74.5 Å². The normalized spacial score (nSPS) is 17.6. The third-order valence-corrected chi connectivity index (χ3v) is 1.87. The first kappa shape index (κ1) is 11.4. The first-order valence-electron chi connectivity index (χ1n) is 4.63. The summed E-state index contributed by atoms with van der Waals surface area (Å²) in [5.41, 5.74) is 0. The molecule has 0 amide bonds. The van der Waals surface area contributed by atoms with Crippen molar-refractivity contribution < 1.29 is 9.53 Å². The molecule has 3 nitrogen and oxygen atoms in total. The number of esters is 1. The molecule has 3 heteroatoms. The fourth-order valence-corrected chi connectivity index (χ4v) is 1.22. The van der Waals surface area contributed by atoms with Gasteiger partial charge >= 0.3 is 5.97 Å². The first-order chi connectivity index (χ1) is 5.84. The molecule has 1 rings (SSSR count). The Kier molecular flexibility index (Phi) is 6.76. The molecular formula is C9H19NO2. The molecule has 0 unspecified atom stereocenters. The molecule has 0 atom stereocenters. The minimum atomic E-state index is -0.0542. The van der Waals surface area contributed by atoms with Crippen LogP contribution in [0.3, 0.4) is 0 Å². The van der Waals surface area contributed by atoms with Gasteiger partial charge in [0.15, 0.2) is 0 Å². The van der Waals surface area contributed by atoms with Crippen LogP contribution in [0, 0.1) is 5.92 Å². The van der Waals surface area contributed by atoms with E-state index in [1.165, 1.54) is 7.11 Å². The highest BCUT2D eigenvalue weighted by atomic mass is 16.5. The Balaban J connectivity index is 0.000000561. The lowest BCUT2D eigenvalue weighted by Gasteiger charge is -2.19. The molecule has 0 spiro atoms.